The number of nitrogens with zero attached hydrogens (tertiary/aromatic N) is 4. The molecular formula is C28H46N8. The summed E-state index contributed by atoms with van der Waals surface area (Å²) in [5.41, 5.74) is 8.62. The smallest absolute Gasteiger partial charge is 0.226 e. The molecule has 198 valence electrons. The number of hydrogen-bond donors (Lipinski definition) is 4. The maximum absolute atomic E-state index is 6.11. The van der Waals surface area contributed by atoms with E-state index in [0.717, 1.165) is 57.7 Å². The van der Waals surface area contributed by atoms with Crippen LogP contribution in [0, 0.1) is 0 Å². The van der Waals surface area contributed by atoms with Crippen molar-refractivity contribution in [2.24, 2.45) is 0 Å². The number of nitrogen functional groups attached to an aromatic ring is 1. The second-order valence-electron chi connectivity index (χ2n) is 10.3. The van der Waals surface area contributed by atoms with Gasteiger partial charge >= 0.3 is 0 Å². The molecule has 2 heterocycles. The number of aromatic nitrogens is 2. The van der Waals surface area contributed by atoms with E-state index >= 15 is 0 Å². The monoisotopic (exact) mass is 494 g/mol. The summed E-state index contributed by atoms with van der Waals surface area (Å²) >= 11 is 0. The van der Waals surface area contributed by atoms with Gasteiger partial charge in [0.2, 0.25) is 5.95 Å². The van der Waals surface area contributed by atoms with Crippen LogP contribution in [-0.4, -0.2) is 66.7 Å². The van der Waals surface area contributed by atoms with Crippen LogP contribution in [0.3, 0.4) is 0 Å². The summed E-state index contributed by atoms with van der Waals surface area (Å²) in [6, 6.07) is 11.4. The Morgan fingerprint density at radius 2 is 1.64 bits per heavy atom. The molecule has 2 aromatic rings. The molecule has 1 aromatic heterocycles. The van der Waals surface area contributed by atoms with Crippen LogP contribution >= 0.6 is 0 Å². The molecule has 8 nitrogen and oxygen atoms in total. The van der Waals surface area contributed by atoms with Gasteiger partial charge in [-0.2, -0.15) is 9.97 Å². The van der Waals surface area contributed by atoms with Gasteiger partial charge in [0, 0.05) is 51.4 Å². The van der Waals surface area contributed by atoms with Gasteiger partial charge in [0.05, 0.1) is 0 Å². The third kappa shape index (κ3) is 8.61. The first-order valence-electron chi connectivity index (χ1n) is 14.1. The van der Waals surface area contributed by atoms with Crippen molar-refractivity contribution in [2.75, 3.05) is 61.8 Å². The number of rotatable bonds is 13. The Kier molecular flexibility index (Phi) is 10.6. The van der Waals surface area contributed by atoms with Crippen LogP contribution in [0.15, 0.2) is 30.3 Å². The largest absolute Gasteiger partial charge is 0.383 e. The molecule has 2 aliphatic rings. The lowest BCUT2D eigenvalue weighted by molar-refractivity contribution is 0.258. The highest BCUT2D eigenvalue weighted by atomic mass is 15.3. The lowest BCUT2D eigenvalue weighted by atomic mass is 9.95. The van der Waals surface area contributed by atoms with Crippen molar-refractivity contribution in [1.82, 2.24) is 25.5 Å². The first-order valence-corrected chi connectivity index (χ1v) is 14.1. The molecule has 1 aromatic carbocycles. The Morgan fingerprint density at radius 3 is 2.36 bits per heavy atom. The van der Waals surface area contributed by atoms with Crippen molar-refractivity contribution < 1.29 is 0 Å². The Morgan fingerprint density at radius 1 is 0.917 bits per heavy atom. The first-order chi connectivity index (χ1) is 17.7. The molecule has 0 bridgehead atoms. The van der Waals surface area contributed by atoms with E-state index in [4.69, 9.17) is 10.7 Å². The molecule has 1 saturated heterocycles. The fourth-order valence-corrected chi connectivity index (χ4v) is 5.23. The lowest BCUT2D eigenvalue weighted by Crippen LogP contribution is -2.46. The minimum Gasteiger partial charge on any atom is -0.383 e. The van der Waals surface area contributed by atoms with Gasteiger partial charge < -0.3 is 26.6 Å². The fraction of sp³-hybridized carbons (Fsp3) is 0.643. The van der Waals surface area contributed by atoms with Gasteiger partial charge in [-0.25, -0.2) is 0 Å². The minimum atomic E-state index is 0.508. The highest BCUT2D eigenvalue weighted by molar-refractivity contribution is 5.52. The standard InChI is InChI=1S/C28H46N8/c1-2-15-35-16-18-36(19-17-35)27-20-26(29)33-28(34-27)32-22-24-11-9-23(10-12-24)21-30-13-6-14-31-25-7-4-3-5-8-25/h9-12,20,25,30-31H,2-8,13-19,21-22H2,1H3,(H3,29,32,33,34). The molecule has 1 aliphatic heterocycles. The van der Waals surface area contributed by atoms with Gasteiger partial charge in [-0.1, -0.05) is 50.5 Å². The molecule has 2 fully saturated rings. The Bertz CT molecular complexity index is 889. The molecular weight excluding hydrogens is 448 g/mol. The zero-order valence-electron chi connectivity index (χ0n) is 22.1. The van der Waals surface area contributed by atoms with E-state index in [2.05, 4.69) is 61.9 Å². The summed E-state index contributed by atoms with van der Waals surface area (Å²) < 4.78 is 0. The van der Waals surface area contributed by atoms with Crippen LogP contribution in [0.1, 0.15) is 63.0 Å². The van der Waals surface area contributed by atoms with E-state index in [1.165, 1.54) is 62.6 Å². The Balaban J connectivity index is 1.16. The molecule has 0 amide bonds. The van der Waals surface area contributed by atoms with Gasteiger partial charge in [0.15, 0.2) is 0 Å². The zero-order valence-corrected chi connectivity index (χ0v) is 22.1. The summed E-state index contributed by atoms with van der Waals surface area (Å²) in [4.78, 5) is 14.0. The predicted molar refractivity (Wildman–Crippen MR) is 150 cm³/mol. The third-order valence-electron chi connectivity index (χ3n) is 7.34. The highest BCUT2D eigenvalue weighted by Gasteiger charge is 2.18. The van der Waals surface area contributed by atoms with Crippen LogP contribution in [0.25, 0.3) is 0 Å². The molecule has 36 heavy (non-hydrogen) atoms. The normalized spacial score (nSPS) is 17.4. The van der Waals surface area contributed by atoms with E-state index in [1.54, 1.807) is 0 Å². The molecule has 1 aliphatic carbocycles. The summed E-state index contributed by atoms with van der Waals surface area (Å²) in [6.07, 6.45) is 9.30. The molecule has 4 rings (SSSR count). The van der Waals surface area contributed by atoms with Gasteiger partial charge in [-0.15, -0.1) is 0 Å². The van der Waals surface area contributed by atoms with Gasteiger partial charge in [0.25, 0.3) is 0 Å². The van der Waals surface area contributed by atoms with Crippen molar-refractivity contribution >= 4 is 17.6 Å². The number of piperazine rings is 1. The SMILES string of the molecule is CCCN1CCN(c2cc(N)nc(NCc3ccc(CNCCCNC4CCCCC4)cc3)n2)CC1. The third-order valence-corrected chi connectivity index (χ3v) is 7.34. The van der Waals surface area contributed by atoms with Crippen molar-refractivity contribution in [1.29, 1.82) is 0 Å². The van der Waals surface area contributed by atoms with E-state index in [1.807, 2.05) is 6.07 Å². The molecule has 1 saturated carbocycles. The van der Waals surface area contributed by atoms with Gasteiger partial charge in [0.1, 0.15) is 11.6 Å². The van der Waals surface area contributed by atoms with Crippen LogP contribution in [0.2, 0.25) is 0 Å². The summed E-state index contributed by atoms with van der Waals surface area (Å²) in [5.74, 6) is 2.01. The molecule has 0 unspecified atom stereocenters. The number of nitrogens with one attached hydrogen (secondary N) is 3. The summed E-state index contributed by atoms with van der Waals surface area (Å²) in [7, 11) is 0. The quantitative estimate of drug-likeness (QED) is 0.314. The number of benzene rings is 1. The van der Waals surface area contributed by atoms with Crippen molar-refractivity contribution in [3.8, 4) is 0 Å². The maximum atomic E-state index is 6.11. The fourth-order valence-electron chi connectivity index (χ4n) is 5.23. The summed E-state index contributed by atoms with van der Waals surface area (Å²) in [5, 5.41) is 10.7. The van der Waals surface area contributed by atoms with Crippen LogP contribution in [-0.2, 0) is 13.1 Å². The second-order valence-corrected chi connectivity index (χ2v) is 10.3. The molecule has 8 heteroatoms. The van der Waals surface area contributed by atoms with Crippen molar-refractivity contribution in [3.63, 3.8) is 0 Å². The Hall–Kier alpha value is -2.42. The predicted octanol–water partition coefficient (Wildman–Crippen LogP) is 3.60. The average molecular weight is 495 g/mol. The van der Waals surface area contributed by atoms with Crippen LogP contribution < -0.4 is 26.6 Å². The van der Waals surface area contributed by atoms with Crippen molar-refractivity contribution in [3.05, 3.63) is 41.5 Å². The molecule has 0 spiro atoms. The molecule has 0 radical (unpaired) electrons. The van der Waals surface area contributed by atoms with Crippen LogP contribution in [0.5, 0.6) is 0 Å². The van der Waals surface area contributed by atoms with E-state index in [0.29, 0.717) is 18.3 Å². The van der Waals surface area contributed by atoms with Crippen LogP contribution in [0.4, 0.5) is 17.6 Å². The zero-order chi connectivity index (χ0) is 25.0. The van der Waals surface area contributed by atoms with E-state index < -0.39 is 0 Å². The van der Waals surface area contributed by atoms with E-state index in [9.17, 15) is 0 Å². The molecule has 5 N–H and O–H groups in total. The number of anilines is 3. The maximum Gasteiger partial charge on any atom is 0.226 e. The topological polar surface area (TPSA) is 94.4 Å². The van der Waals surface area contributed by atoms with Crippen molar-refractivity contribution in [2.45, 2.75) is 71.0 Å². The number of hydrogen-bond acceptors (Lipinski definition) is 8. The molecule has 0 atom stereocenters. The number of nitrogens with two attached hydrogens (primary N) is 1. The highest BCUT2D eigenvalue weighted by Crippen LogP contribution is 2.19. The second kappa shape index (κ2) is 14.4. The average Bonchev–Trinajstić information content (AvgIpc) is 2.91. The minimum absolute atomic E-state index is 0.508. The van der Waals surface area contributed by atoms with Gasteiger partial charge in [-0.3, -0.25) is 4.90 Å². The summed E-state index contributed by atoms with van der Waals surface area (Å²) in [6.45, 7) is 11.2. The lowest BCUT2D eigenvalue weighted by Gasteiger charge is -2.35. The Labute approximate surface area is 217 Å². The van der Waals surface area contributed by atoms with E-state index in [-0.39, 0.29) is 0 Å². The first kappa shape index (κ1) is 26.6. The van der Waals surface area contributed by atoms with Gasteiger partial charge in [-0.05, 0) is 56.4 Å².